The Hall–Kier alpha value is -3.85. The highest BCUT2D eigenvalue weighted by Gasteiger charge is 2.36. The Bertz CT molecular complexity index is 1240. The van der Waals surface area contributed by atoms with E-state index in [1.54, 1.807) is 60.7 Å². The van der Waals surface area contributed by atoms with E-state index in [0.717, 1.165) is 5.56 Å². The fourth-order valence-electron chi connectivity index (χ4n) is 3.53. The lowest BCUT2D eigenvalue weighted by molar-refractivity contribution is -0.483. The van der Waals surface area contributed by atoms with Crippen LogP contribution in [0.15, 0.2) is 101 Å². The van der Waals surface area contributed by atoms with Gasteiger partial charge in [0.15, 0.2) is 0 Å². The first-order chi connectivity index (χ1) is 16.3. The third-order valence-electron chi connectivity index (χ3n) is 5.13. The highest BCUT2D eigenvalue weighted by molar-refractivity contribution is 7.90. The van der Waals surface area contributed by atoms with Crippen molar-refractivity contribution in [2.45, 2.75) is 23.7 Å². The molecule has 0 aliphatic rings. The fourth-order valence-corrected chi connectivity index (χ4v) is 4.52. The van der Waals surface area contributed by atoms with Crippen LogP contribution in [0, 0.1) is 17.0 Å². The number of aryl methyl sites for hydroxylation is 1. The molecular weight excluding hydrogens is 454 g/mol. The maximum Gasteiger partial charge on any atom is 0.285 e. The molecule has 0 saturated carbocycles. The van der Waals surface area contributed by atoms with Crippen LogP contribution in [-0.4, -0.2) is 37.4 Å². The van der Waals surface area contributed by atoms with Gasteiger partial charge in [0.25, 0.3) is 10.0 Å². The molecule has 0 bridgehead atoms. The van der Waals surface area contributed by atoms with Gasteiger partial charge in [0.05, 0.1) is 22.4 Å². The van der Waals surface area contributed by atoms with Gasteiger partial charge >= 0.3 is 0 Å². The van der Waals surface area contributed by atoms with Gasteiger partial charge in [0.2, 0.25) is 12.4 Å². The van der Waals surface area contributed by atoms with Gasteiger partial charge in [-0.25, -0.2) is 0 Å². The van der Waals surface area contributed by atoms with E-state index in [0.29, 0.717) is 11.3 Å². The Morgan fingerprint density at radius 2 is 1.79 bits per heavy atom. The van der Waals surface area contributed by atoms with E-state index in [1.165, 1.54) is 24.4 Å². The molecule has 0 radical (unpaired) electrons. The molecule has 8 nitrogen and oxygen atoms in total. The average molecular weight is 480 g/mol. The molecule has 3 rings (SSSR count). The third-order valence-corrected chi connectivity index (χ3v) is 6.41. The largest absolute Gasteiger partial charge is 0.476 e. The Kier molecular flexibility index (Phi) is 8.26. The highest BCUT2D eigenvalue weighted by atomic mass is 32.2. The lowest BCUT2D eigenvalue weighted by Crippen LogP contribution is -2.29. The molecule has 0 fully saturated rings. The van der Waals surface area contributed by atoms with Gasteiger partial charge in [-0.05, 0) is 36.8 Å². The van der Waals surface area contributed by atoms with Crippen molar-refractivity contribution < 1.29 is 18.1 Å². The van der Waals surface area contributed by atoms with E-state index in [4.69, 9.17) is 4.74 Å². The molecule has 1 aromatic heterocycles. The number of ether oxygens (including phenoxy) is 1. The number of rotatable bonds is 10. The number of benzene rings is 2. The standard InChI is InChI=1S/C25H25N3O5S/c1-3-17-33-25(27-34(31,32)21-14-12-19(2)13-15-21)24(23-11-7-8-16-26-23)22(18-28(29)30)20-9-5-4-6-10-20/h3-16,22,24H,1,17-18H2,2H3/b27-25-/t22-,24-/m0/s1. The second-order valence-corrected chi connectivity index (χ2v) is 9.19. The predicted molar refractivity (Wildman–Crippen MR) is 130 cm³/mol. The zero-order valence-corrected chi connectivity index (χ0v) is 19.5. The van der Waals surface area contributed by atoms with E-state index in [2.05, 4.69) is 16.0 Å². The van der Waals surface area contributed by atoms with Crippen LogP contribution in [0.25, 0.3) is 0 Å². The van der Waals surface area contributed by atoms with Gasteiger partial charge in [0, 0.05) is 11.1 Å². The molecular formula is C25H25N3O5S. The Labute approximate surface area is 198 Å². The lowest BCUT2D eigenvalue weighted by Gasteiger charge is -2.25. The van der Waals surface area contributed by atoms with Crippen LogP contribution in [-0.2, 0) is 14.8 Å². The molecule has 0 N–H and O–H groups in total. The van der Waals surface area contributed by atoms with Crippen LogP contribution in [0.2, 0.25) is 0 Å². The van der Waals surface area contributed by atoms with Crippen LogP contribution in [0.4, 0.5) is 0 Å². The second kappa shape index (κ2) is 11.3. The first-order valence-corrected chi connectivity index (χ1v) is 12.0. The summed E-state index contributed by atoms with van der Waals surface area (Å²) in [6.45, 7) is 4.96. The predicted octanol–water partition coefficient (Wildman–Crippen LogP) is 4.52. The minimum absolute atomic E-state index is 0.0110. The molecule has 0 spiro atoms. The van der Waals surface area contributed by atoms with Crippen molar-refractivity contribution in [1.29, 1.82) is 0 Å². The van der Waals surface area contributed by atoms with Crippen molar-refractivity contribution in [2.24, 2.45) is 4.40 Å². The molecule has 2 atom stereocenters. The summed E-state index contributed by atoms with van der Waals surface area (Å²) in [6, 6.07) is 20.2. The van der Waals surface area contributed by atoms with Gasteiger partial charge in [-0.2, -0.15) is 8.42 Å². The summed E-state index contributed by atoms with van der Waals surface area (Å²) in [7, 11) is -4.17. The number of pyridine rings is 1. The van der Waals surface area contributed by atoms with E-state index < -0.39 is 33.3 Å². The number of aromatic nitrogens is 1. The van der Waals surface area contributed by atoms with Crippen molar-refractivity contribution in [1.82, 2.24) is 4.98 Å². The molecule has 9 heteroatoms. The van der Waals surface area contributed by atoms with Crippen molar-refractivity contribution in [3.63, 3.8) is 0 Å². The minimum atomic E-state index is -4.17. The Morgan fingerprint density at radius 3 is 2.38 bits per heavy atom. The third kappa shape index (κ3) is 6.35. The first kappa shape index (κ1) is 24.8. The minimum Gasteiger partial charge on any atom is -0.476 e. The summed E-state index contributed by atoms with van der Waals surface area (Å²) in [5, 5.41) is 11.7. The van der Waals surface area contributed by atoms with E-state index in [9.17, 15) is 18.5 Å². The van der Waals surface area contributed by atoms with Gasteiger partial charge in [-0.3, -0.25) is 15.1 Å². The van der Waals surface area contributed by atoms with Crippen molar-refractivity contribution in [3.05, 3.63) is 119 Å². The van der Waals surface area contributed by atoms with Gasteiger partial charge < -0.3 is 4.74 Å². The average Bonchev–Trinajstić information content (AvgIpc) is 2.83. The molecule has 0 aliphatic carbocycles. The molecule has 0 saturated heterocycles. The summed E-state index contributed by atoms with van der Waals surface area (Å²) in [6.07, 6.45) is 2.99. The van der Waals surface area contributed by atoms with Crippen molar-refractivity contribution in [2.75, 3.05) is 13.2 Å². The van der Waals surface area contributed by atoms with Crippen molar-refractivity contribution >= 4 is 15.9 Å². The second-order valence-electron chi connectivity index (χ2n) is 7.58. The Balaban J connectivity index is 2.22. The quantitative estimate of drug-likeness (QED) is 0.139. The summed E-state index contributed by atoms with van der Waals surface area (Å²) >= 11 is 0. The van der Waals surface area contributed by atoms with E-state index in [-0.39, 0.29) is 17.4 Å². The molecule has 0 unspecified atom stereocenters. The molecule has 1 heterocycles. The number of nitrogens with zero attached hydrogens (tertiary/aromatic N) is 3. The van der Waals surface area contributed by atoms with Gasteiger partial charge in [-0.15, -0.1) is 4.40 Å². The van der Waals surface area contributed by atoms with E-state index in [1.807, 2.05) is 6.92 Å². The summed E-state index contributed by atoms with van der Waals surface area (Å²) in [5.74, 6) is -1.91. The fraction of sp³-hybridized carbons (Fsp3) is 0.200. The van der Waals surface area contributed by atoms with Crippen LogP contribution >= 0.6 is 0 Å². The number of hydrogen-bond donors (Lipinski definition) is 0. The number of sulfonamides is 1. The molecule has 0 amide bonds. The molecule has 34 heavy (non-hydrogen) atoms. The smallest absolute Gasteiger partial charge is 0.285 e. The maximum absolute atomic E-state index is 13.2. The molecule has 3 aromatic rings. The van der Waals surface area contributed by atoms with Gasteiger partial charge in [-0.1, -0.05) is 66.7 Å². The zero-order chi connectivity index (χ0) is 24.6. The first-order valence-electron chi connectivity index (χ1n) is 10.5. The summed E-state index contributed by atoms with van der Waals surface area (Å²) in [5.41, 5.74) is 1.94. The van der Waals surface area contributed by atoms with Crippen LogP contribution in [0.5, 0.6) is 0 Å². The molecule has 0 aliphatic heterocycles. The summed E-state index contributed by atoms with van der Waals surface area (Å²) < 4.78 is 36.2. The number of hydrogen-bond acceptors (Lipinski definition) is 6. The molecule has 176 valence electrons. The van der Waals surface area contributed by atoms with Gasteiger partial charge in [0.1, 0.15) is 6.61 Å². The zero-order valence-electron chi connectivity index (χ0n) is 18.7. The molecule has 2 aromatic carbocycles. The highest BCUT2D eigenvalue weighted by Crippen LogP contribution is 2.35. The maximum atomic E-state index is 13.2. The monoisotopic (exact) mass is 479 g/mol. The van der Waals surface area contributed by atoms with Crippen LogP contribution in [0.1, 0.15) is 28.7 Å². The lowest BCUT2D eigenvalue weighted by atomic mass is 9.83. The topological polar surface area (TPSA) is 112 Å². The van der Waals surface area contributed by atoms with Crippen LogP contribution < -0.4 is 0 Å². The van der Waals surface area contributed by atoms with Crippen LogP contribution in [0.3, 0.4) is 0 Å². The normalized spacial score (nSPS) is 13.6. The Morgan fingerprint density at radius 1 is 1.12 bits per heavy atom. The van der Waals surface area contributed by atoms with Crippen molar-refractivity contribution in [3.8, 4) is 0 Å². The SMILES string of the molecule is C=CCO/C(=N\S(=O)(=O)c1ccc(C)cc1)[C@H](c1ccccn1)[C@@H](C[N+](=O)[O-])c1ccccc1. The van der Waals surface area contributed by atoms with E-state index >= 15 is 0 Å². The summed E-state index contributed by atoms with van der Waals surface area (Å²) in [4.78, 5) is 15.6. The number of nitro groups is 1.